The molecule has 1 unspecified atom stereocenters. The zero-order chi connectivity index (χ0) is 21.4. The molecule has 0 heterocycles. The van der Waals surface area contributed by atoms with Crippen molar-refractivity contribution in [2.75, 3.05) is 6.61 Å². The van der Waals surface area contributed by atoms with Gasteiger partial charge in [-0.3, -0.25) is 0 Å². The molecule has 0 radical (unpaired) electrons. The maximum absolute atomic E-state index is 6.32. The molecule has 154 valence electrons. The van der Waals surface area contributed by atoms with E-state index in [1.165, 1.54) is 21.9 Å². The van der Waals surface area contributed by atoms with Gasteiger partial charge >= 0.3 is 0 Å². The summed E-state index contributed by atoms with van der Waals surface area (Å²) in [6.45, 7) is 28.4. The molecule has 0 saturated heterocycles. The van der Waals surface area contributed by atoms with Gasteiger partial charge in [0.25, 0.3) is 0 Å². The molecule has 1 aliphatic rings. The molecule has 1 aromatic carbocycles. The summed E-state index contributed by atoms with van der Waals surface area (Å²) in [4.78, 5) is 0. The van der Waals surface area contributed by atoms with Crippen molar-refractivity contribution in [3.8, 4) is 5.75 Å². The third-order valence-electron chi connectivity index (χ3n) is 6.47. The topological polar surface area (TPSA) is 9.23 Å². The Morgan fingerprint density at radius 3 is 2.07 bits per heavy atom. The molecule has 2 rings (SSSR count). The van der Waals surface area contributed by atoms with Gasteiger partial charge in [0.1, 0.15) is 12.4 Å². The normalized spacial score (nSPS) is 18.1. The molecule has 0 fully saturated rings. The van der Waals surface area contributed by atoms with E-state index in [2.05, 4.69) is 86.1 Å². The Balaban J connectivity index is 2.56. The van der Waals surface area contributed by atoms with Crippen LogP contribution >= 0.6 is 0 Å². The van der Waals surface area contributed by atoms with Crippen molar-refractivity contribution in [1.82, 2.24) is 0 Å². The number of aryl methyl sites for hydroxylation is 1. The molecule has 1 aliphatic carbocycles. The standard InChI is InChI=1S/C25H40OSi2/c1-12-13-26-24-22(14-17(2)15-23(24)27(7,8)9)16-28(10,11)25-20(5)18(3)19(4)21(25)6/h12,14-15,20H,1,13,16H2,2-11H3. The predicted molar refractivity (Wildman–Crippen MR) is 131 cm³/mol. The van der Waals surface area contributed by atoms with Gasteiger partial charge in [0.15, 0.2) is 0 Å². The van der Waals surface area contributed by atoms with E-state index in [0.717, 1.165) is 11.8 Å². The molecular formula is C25H40OSi2. The van der Waals surface area contributed by atoms with Gasteiger partial charge in [-0.2, -0.15) is 0 Å². The van der Waals surface area contributed by atoms with Crippen LogP contribution in [-0.2, 0) is 6.04 Å². The van der Waals surface area contributed by atoms with Gasteiger partial charge in [0.05, 0.1) is 16.1 Å². The molecule has 0 amide bonds. The van der Waals surface area contributed by atoms with Crippen LogP contribution in [0.5, 0.6) is 5.75 Å². The Morgan fingerprint density at radius 1 is 1.00 bits per heavy atom. The first kappa shape index (κ1) is 23.0. The molecule has 1 nitrogen and oxygen atoms in total. The summed E-state index contributed by atoms with van der Waals surface area (Å²) < 4.78 is 6.32. The van der Waals surface area contributed by atoms with E-state index in [1.54, 1.807) is 16.3 Å². The lowest BCUT2D eigenvalue weighted by Crippen LogP contribution is -2.41. The Labute approximate surface area is 175 Å². The van der Waals surface area contributed by atoms with E-state index < -0.39 is 16.1 Å². The number of rotatable bonds is 7. The number of hydrogen-bond donors (Lipinski definition) is 0. The van der Waals surface area contributed by atoms with Crippen LogP contribution in [-0.4, -0.2) is 22.8 Å². The van der Waals surface area contributed by atoms with Crippen LogP contribution in [0.3, 0.4) is 0 Å². The molecule has 0 aromatic heterocycles. The highest BCUT2D eigenvalue weighted by Gasteiger charge is 2.37. The zero-order valence-corrected chi connectivity index (χ0v) is 21.8. The molecular weight excluding hydrogens is 372 g/mol. The average Bonchev–Trinajstić information content (AvgIpc) is 2.76. The molecule has 1 atom stereocenters. The minimum atomic E-state index is -1.65. The van der Waals surface area contributed by atoms with E-state index in [-0.39, 0.29) is 0 Å². The molecule has 0 saturated carbocycles. The number of allylic oxidation sites excluding steroid dienone is 4. The Kier molecular flexibility index (Phi) is 6.72. The van der Waals surface area contributed by atoms with Crippen molar-refractivity contribution in [3.63, 3.8) is 0 Å². The van der Waals surface area contributed by atoms with E-state index in [1.807, 2.05) is 6.08 Å². The maximum Gasteiger partial charge on any atom is 0.121 e. The summed E-state index contributed by atoms with van der Waals surface area (Å²) in [5.74, 6) is 1.73. The van der Waals surface area contributed by atoms with Crippen LogP contribution in [0.1, 0.15) is 38.8 Å². The summed E-state index contributed by atoms with van der Waals surface area (Å²) in [6.07, 6.45) is 1.86. The van der Waals surface area contributed by atoms with Crippen molar-refractivity contribution in [1.29, 1.82) is 0 Å². The first-order chi connectivity index (χ1) is 12.8. The second kappa shape index (κ2) is 8.19. The predicted octanol–water partition coefficient (Wildman–Crippen LogP) is 6.74. The van der Waals surface area contributed by atoms with Crippen molar-refractivity contribution in [2.45, 2.75) is 73.4 Å². The van der Waals surface area contributed by atoms with E-state index in [0.29, 0.717) is 12.5 Å². The monoisotopic (exact) mass is 412 g/mol. The van der Waals surface area contributed by atoms with E-state index in [4.69, 9.17) is 4.74 Å². The summed E-state index contributed by atoms with van der Waals surface area (Å²) in [7, 11) is -3.16. The Bertz CT molecular complexity index is 835. The quantitative estimate of drug-likeness (QED) is 0.356. The number of ether oxygens (including phenoxy) is 1. The first-order valence-electron chi connectivity index (χ1n) is 10.6. The van der Waals surface area contributed by atoms with Crippen molar-refractivity contribution in [2.24, 2.45) is 5.92 Å². The fraction of sp³-hybridized carbons (Fsp3) is 0.520. The van der Waals surface area contributed by atoms with E-state index in [9.17, 15) is 0 Å². The highest BCUT2D eigenvalue weighted by atomic mass is 28.3. The van der Waals surface area contributed by atoms with Crippen LogP contribution in [0.4, 0.5) is 0 Å². The summed E-state index contributed by atoms with van der Waals surface area (Å²) >= 11 is 0. The summed E-state index contributed by atoms with van der Waals surface area (Å²) in [5.41, 5.74) is 7.39. The third kappa shape index (κ3) is 4.46. The second-order valence-electron chi connectivity index (χ2n) is 10.3. The lowest BCUT2D eigenvalue weighted by molar-refractivity contribution is 0.363. The first-order valence-corrected chi connectivity index (χ1v) is 17.3. The van der Waals surface area contributed by atoms with Gasteiger partial charge in [-0.05, 0) is 56.0 Å². The largest absolute Gasteiger partial charge is 0.489 e. The van der Waals surface area contributed by atoms with Gasteiger partial charge in [0.2, 0.25) is 0 Å². The maximum atomic E-state index is 6.32. The molecule has 0 N–H and O–H groups in total. The van der Waals surface area contributed by atoms with Gasteiger partial charge in [-0.1, -0.05) is 86.4 Å². The minimum absolute atomic E-state index is 0.577. The minimum Gasteiger partial charge on any atom is -0.489 e. The highest BCUT2D eigenvalue weighted by Crippen LogP contribution is 2.42. The van der Waals surface area contributed by atoms with Crippen molar-refractivity contribution < 1.29 is 4.74 Å². The molecule has 0 spiro atoms. The van der Waals surface area contributed by atoms with Crippen LogP contribution in [0.15, 0.2) is 46.7 Å². The van der Waals surface area contributed by atoms with Crippen molar-refractivity contribution >= 4 is 21.3 Å². The van der Waals surface area contributed by atoms with Crippen LogP contribution in [0.25, 0.3) is 0 Å². The van der Waals surface area contributed by atoms with Gasteiger partial charge in [-0.25, -0.2) is 0 Å². The molecule has 0 bridgehead atoms. The number of benzene rings is 1. The fourth-order valence-electron chi connectivity index (χ4n) is 4.88. The zero-order valence-electron chi connectivity index (χ0n) is 19.8. The van der Waals surface area contributed by atoms with Crippen LogP contribution in [0.2, 0.25) is 32.7 Å². The smallest absolute Gasteiger partial charge is 0.121 e. The molecule has 3 heteroatoms. The van der Waals surface area contributed by atoms with Crippen LogP contribution in [0, 0.1) is 12.8 Å². The third-order valence-corrected chi connectivity index (χ3v) is 12.0. The Hall–Kier alpha value is -1.33. The van der Waals surface area contributed by atoms with Gasteiger partial charge in [0, 0.05) is 0 Å². The van der Waals surface area contributed by atoms with Gasteiger partial charge < -0.3 is 4.74 Å². The molecule has 0 aliphatic heterocycles. The Morgan fingerprint density at radius 2 is 1.61 bits per heavy atom. The SMILES string of the molecule is C=CCOc1c(C[Si](C)(C)C2=C(C)C(C)=C(C)C2C)cc(C)cc1[Si](C)(C)C. The number of hydrogen-bond acceptors (Lipinski definition) is 1. The second-order valence-corrected chi connectivity index (χ2v) is 20.0. The highest BCUT2D eigenvalue weighted by molar-refractivity contribution is 6.89. The summed E-state index contributed by atoms with van der Waals surface area (Å²) in [6, 6.07) is 5.87. The van der Waals surface area contributed by atoms with E-state index >= 15 is 0 Å². The molecule has 1 aromatic rings. The fourth-order valence-corrected chi connectivity index (χ4v) is 10.4. The lowest BCUT2D eigenvalue weighted by atomic mass is 10.1. The molecule has 28 heavy (non-hydrogen) atoms. The summed E-state index contributed by atoms with van der Waals surface area (Å²) in [5, 5.41) is 3.18. The lowest BCUT2D eigenvalue weighted by Gasteiger charge is -2.32. The van der Waals surface area contributed by atoms with Gasteiger partial charge in [-0.15, -0.1) is 0 Å². The average molecular weight is 413 g/mol. The van der Waals surface area contributed by atoms with Crippen LogP contribution < -0.4 is 9.92 Å². The van der Waals surface area contributed by atoms with Crippen molar-refractivity contribution in [3.05, 3.63) is 57.8 Å².